The van der Waals surface area contributed by atoms with E-state index in [1.54, 1.807) is 12.4 Å². The van der Waals surface area contributed by atoms with E-state index >= 15 is 0 Å². The average Bonchev–Trinajstić information content (AvgIpc) is 2.38. The molecule has 1 aromatic heterocycles. The van der Waals surface area contributed by atoms with E-state index in [-0.39, 0.29) is 6.04 Å². The molecular formula is C14H24N4. The van der Waals surface area contributed by atoms with Crippen LogP contribution < -0.4 is 5.73 Å². The number of aryl methyl sites for hydroxylation is 1. The maximum absolute atomic E-state index is 6.13. The van der Waals surface area contributed by atoms with Crippen LogP contribution in [0.4, 0.5) is 0 Å². The van der Waals surface area contributed by atoms with Crippen LogP contribution in [-0.4, -0.2) is 33.5 Å². The lowest BCUT2D eigenvalue weighted by Gasteiger charge is -2.41. The molecule has 2 heterocycles. The minimum atomic E-state index is 0.213. The molecule has 1 fully saturated rings. The molecule has 1 saturated heterocycles. The maximum atomic E-state index is 6.13. The van der Waals surface area contributed by atoms with Gasteiger partial charge in [-0.15, -0.1) is 0 Å². The Kier molecular flexibility index (Phi) is 4.30. The smallest absolute Gasteiger partial charge is 0.0784 e. The molecule has 1 aliphatic rings. The molecule has 1 aromatic rings. The van der Waals surface area contributed by atoms with Gasteiger partial charge in [-0.25, -0.2) is 0 Å². The van der Waals surface area contributed by atoms with Crippen molar-refractivity contribution in [2.45, 2.75) is 58.2 Å². The van der Waals surface area contributed by atoms with Crippen LogP contribution in [0.5, 0.6) is 0 Å². The van der Waals surface area contributed by atoms with Crippen LogP contribution in [0.1, 0.15) is 50.5 Å². The molecule has 1 aliphatic heterocycles. The molecule has 0 saturated carbocycles. The minimum Gasteiger partial charge on any atom is -0.327 e. The minimum absolute atomic E-state index is 0.213. The molecule has 0 radical (unpaired) electrons. The third-order valence-corrected chi connectivity index (χ3v) is 4.01. The molecule has 0 amide bonds. The summed E-state index contributed by atoms with van der Waals surface area (Å²) in [6.45, 7) is 7.48. The van der Waals surface area contributed by atoms with E-state index < -0.39 is 0 Å². The number of hydrogen-bond acceptors (Lipinski definition) is 4. The van der Waals surface area contributed by atoms with Gasteiger partial charge in [0, 0.05) is 24.5 Å². The van der Waals surface area contributed by atoms with E-state index in [9.17, 15) is 0 Å². The number of hydrogen-bond donors (Lipinski definition) is 1. The summed E-state index contributed by atoms with van der Waals surface area (Å²) in [5.41, 5.74) is 8.25. The number of nitrogens with zero attached hydrogens (tertiary/aromatic N) is 3. The Morgan fingerprint density at radius 2 is 2.00 bits per heavy atom. The second-order valence-electron chi connectivity index (χ2n) is 5.36. The first kappa shape index (κ1) is 13.4. The van der Waals surface area contributed by atoms with Crippen LogP contribution in [0.3, 0.4) is 0 Å². The van der Waals surface area contributed by atoms with Crippen molar-refractivity contribution >= 4 is 0 Å². The Morgan fingerprint density at radius 1 is 1.28 bits per heavy atom. The average molecular weight is 248 g/mol. The highest BCUT2D eigenvalue weighted by atomic mass is 15.2. The van der Waals surface area contributed by atoms with Gasteiger partial charge in [0.15, 0.2) is 0 Å². The van der Waals surface area contributed by atoms with Gasteiger partial charge in [0.2, 0.25) is 0 Å². The normalized spacial score (nSPS) is 24.8. The molecule has 4 heteroatoms. The summed E-state index contributed by atoms with van der Waals surface area (Å²) >= 11 is 0. The van der Waals surface area contributed by atoms with E-state index in [0.29, 0.717) is 12.1 Å². The Bertz CT molecular complexity index is 391. The predicted molar refractivity (Wildman–Crippen MR) is 73.2 cm³/mol. The van der Waals surface area contributed by atoms with Crippen LogP contribution in [0.15, 0.2) is 12.4 Å². The first-order valence-corrected chi connectivity index (χ1v) is 6.90. The number of piperidine rings is 1. The Hall–Kier alpha value is -1.00. The quantitative estimate of drug-likeness (QED) is 0.889. The van der Waals surface area contributed by atoms with Crippen molar-refractivity contribution < 1.29 is 0 Å². The third kappa shape index (κ3) is 2.70. The second-order valence-corrected chi connectivity index (χ2v) is 5.36. The van der Waals surface area contributed by atoms with Gasteiger partial charge in [-0.3, -0.25) is 14.9 Å². The summed E-state index contributed by atoms with van der Waals surface area (Å²) < 4.78 is 0. The SMILES string of the molecule is Cc1nccnc1C(C)N1CCCCC1C(C)N. The van der Waals surface area contributed by atoms with Crippen molar-refractivity contribution in [2.24, 2.45) is 5.73 Å². The summed E-state index contributed by atoms with van der Waals surface area (Å²) in [4.78, 5) is 11.4. The first-order chi connectivity index (χ1) is 8.61. The summed E-state index contributed by atoms with van der Waals surface area (Å²) in [5, 5.41) is 0. The van der Waals surface area contributed by atoms with E-state index in [0.717, 1.165) is 17.9 Å². The van der Waals surface area contributed by atoms with Crippen molar-refractivity contribution in [1.82, 2.24) is 14.9 Å². The van der Waals surface area contributed by atoms with Gasteiger partial charge in [-0.05, 0) is 40.2 Å². The van der Waals surface area contributed by atoms with Crippen LogP contribution in [0, 0.1) is 6.92 Å². The van der Waals surface area contributed by atoms with E-state index in [1.807, 2.05) is 6.92 Å². The van der Waals surface area contributed by atoms with Gasteiger partial charge in [0.25, 0.3) is 0 Å². The zero-order chi connectivity index (χ0) is 13.1. The second kappa shape index (κ2) is 5.76. The summed E-state index contributed by atoms with van der Waals surface area (Å²) in [6.07, 6.45) is 7.28. The van der Waals surface area contributed by atoms with Crippen LogP contribution in [0.25, 0.3) is 0 Å². The van der Waals surface area contributed by atoms with Crippen molar-refractivity contribution in [3.8, 4) is 0 Å². The summed E-state index contributed by atoms with van der Waals surface area (Å²) in [5.74, 6) is 0. The lowest BCUT2D eigenvalue weighted by molar-refractivity contribution is 0.0865. The summed E-state index contributed by atoms with van der Waals surface area (Å²) in [7, 11) is 0. The molecule has 18 heavy (non-hydrogen) atoms. The molecule has 4 nitrogen and oxygen atoms in total. The fraction of sp³-hybridized carbons (Fsp3) is 0.714. The molecule has 0 aliphatic carbocycles. The molecule has 3 unspecified atom stereocenters. The maximum Gasteiger partial charge on any atom is 0.0784 e. The standard InChI is InChI=1S/C14H24N4/c1-10(15)13-6-4-5-9-18(13)12(3)14-11(2)16-7-8-17-14/h7-8,10,12-13H,4-6,9,15H2,1-3H3. The van der Waals surface area contributed by atoms with Gasteiger partial charge in [-0.2, -0.15) is 0 Å². The van der Waals surface area contributed by atoms with E-state index in [2.05, 4.69) is 28.7 Å². The van der Waals surface area contributed by atoms with E-state index in [1.165, 1.54) is 19.3 Å². The molecule has 0 aromatic carbocycles. The van der Waals surface area contributed by atoms with Gasteiger partial charge in [0.1, 0.15) is 0 Å². The number of rotatable bonds is 3. The summed E-state index contributed by atoms with van der Waals surface area (Å²) in [6, 6.07) is 0.981. The highest BCUT2D eigenvalue weighted by Gasteiger charge is 2.30. The highest BCUT2D eigenvalue weighted by Crippen LogP contribution is 2.29. The number of likely N-dealkylation sites (tertiary alicyclic amines) is 1. The molecular weight excluding hydrogens is 224 g/mol. The fourth-order valence-corrected chi connectivity index (χ4v) is 3.01. The Morgan fingerprint density at radius 3 is 2.67 bits per heavy atom. The largest absolute Gasteiger partial charge is 0.327 e. The Labute approximate surface area is 110 Å². The third-order valence-electron chi connectivity index (χ3n) is 4.01. The van der Waals surface area contributed by atoms with Crippen LogP contribution in [0.2, 0.25) is 0 Å². The lowest BCUT2D eigenvalue weighted by atomic mass is 9.94. The van der Waals surface area contributed by atoms with Gasteiger partial charge < -0.3 is 5.73 Å². The molecule has 0 spiro atoms. The lowest BCUT2D eigenvalue weighted by Crippen LogP contribution is -2.50. The van der Waals surface area contributed by atoms with Gasteiger partial charge in [-0.1, -0.05) is 6.42 Å². The predicted octanol–water partition coefficient (Wildman–Crippen LogP) is 2.05. The monoisotopic (exact) mass is 248 g/mol. The molecule has 3 atom stereocenters. The zero-order valence-corrected chi connectivity index (χ0v) is 11.6. The Balaban J connectivity index is 2.21. The van der Waals surface area contributed by atoms with Crippen molar-refractivity contribution in [1.29, 1.82) is 0 Å². The van der Waals surface area contributed by atoms with Gasteiger partial charge in [0.05, 0.1) is 17.4 Å². The van der Waals surface area contributed by atoms with E-state index in [4.69, 9.17) is 5.73 Å². The zero-order valence-electron chi connectivity index (χ0n) is 11.6. The van der Waals surface area contributed by atoms with Crippen molar-refractivity contribution in [3.05, 3.63) is 23.8 Å². The van der Waals surface area contributed by atoms with Crippen molar-refractivity contribution in [3.63, 3.8) is 0 Å². The fourth-order valence-electron chi connectivity index (χ4n) is 3.01. The van der Waals surface area contributed by atoms with Crippen LogP contribution in [-0.2, 0) is 0 Å². The molecule has 100 valence electrons. The number of nitrogens with two attached hydrogens (primary N) is 1. The van der Waals surface area contributed by atoms with Crippen molar-refractivity contribution in [2.75, 3.05) is 6.54 Å². The molecule has 0 bridgehead atoms. The van der Waals surface area contributed by atoms with Crippen LogP contribution >= 0.6 is 0 Å². The molecule has 2 N–H and O–H groups in total. The topological polar surface area (TPSA) is 55.0 Å². The highest BCUT2D eigenvalue weighted by molar-refractivity contribution is 5.13. The number of aromatic nitrogens is 2. The van der Waals surface area contributed by atoms with Gasteiger partial charge >= 0.3 is 0 Å². The first-order valence-electron chi connectivity index (χ1n) is 6.90. The molecule has 2 rings (SSSR count).